The highest BCUT2D eigenvalue weighted by Crippen LogP contribution is 2.63. The number of fused-ring (bicyclic) bond motifs is 13. The van der Waals surface area contributed by atoms with Crippen LogP contribution in [0.2, 0.25) is 0 Å². The number of anilines is 3. The quantitative estimate of drug-likeness (QED) is 0.186. The highest BCUT2D eigenvalue weighted by Gasteiger charge is 2.51. The second-order valence-corrected chi connectivity index (χ2v) is 13.8. The van der Waals surface area contributed by atoms with E-state index in [0.29, 0.717) is 0 Å². The fourth-order valence-corrected chi connectivity index (χ4v) is 9.02. The van der Waals surface area contributed by atoms with Gasteiger partial charge >= 0.3 is 0 Å². The van der Waals surface area contributed by atoms with Gasteiger partial charge in [-0.25, -0.2) is 4.39 Å². The van der Waals surface area contributed by atoms with Crippen LogP contribution in [0.15, 0.2) is 186 Å². The lowest BCUT2D eigenvalue weighted by Gasteiger charge is -2.32. The maximum Gasteiger partial charge on any atom is 0.143 e. The van der Waals surface area contributed by atoms with Crippen molar-refractivity contribution in [3.05, 3.63) is 210 Å². The number of hydrogen-bond donors (Lipinski definition) is 0. The molecular weight excluding hydrogens is 638 g/mol. The number of furan rings is 1. The minimum absolute atomic E-state index is 0.263. The third-order valence-corrected chi connectivity index (χ3v) is 11.2. The van der Waals surface area contributed by atoms with Crippen molar-refractivity contribution >= 4 is 39.0 Å². The summed E-state index contributed by atoms with van der Waals surface area (Å²) in [4.78, 5) is 2.23. The fourth-order valence-electron chi connectivity index (χ4n) is 9.02. The predicted octanol–water partition coefficient (Wildman–Crippen LogP) is 13.2. The topological polar surface area (TPSA) is 16.4 Å². The van der Waals surface area contributed by atoms with E-state index in [1.54, 1.807) is 0 Å². The van der Waals surface area contributed by atoms with Gasteiger partial charge in [0.2, 0.25) is 0 Å². The van der Waals surface area contributed by atoms with Crippen molar-refractivity contribution in [3.63, 3.8) is 0 Å². The summed E-state index contributed by atoms with van der Waals surface area (Å²) in [7, 11) is 0. The molecule has 244 valence electrons. The summed E-state index contributed by atoms with van der Waals surface area (Å²) in [6.07, 6.45) is 0. The van der Waals surface area contributed by atoms with Gasteiger partial charge in [-0.1, -0.05) is 127 Å². The third-order valence-electron chi connectivity index (χ3n) is 11.2. The number of rotatable bonds is 4. The molecule has 0 bridgehead atoms. The van der Waals surface area contributed by atoms with Crippen LogP contribution in [0.25, 0.3) is 55.3 Å². The number of benzene rings is 8. The Kier molecular flexibility index (Phi) is 6.09. The van der Waals surface area contributed by atoms with Crippen molar-refractivity contribution in [1.29, 1.82) is 0 Å². The average Bonchev–Trinajstić information content (AvgIpc) is 3.83. The fraction of sp³-hybridized carbons (Fsp3) is 0.0204. The van der Waals surface area contributed by atoms with Crippen molar-refractivity contribution in [2.45, 2.75) is 5.41 Å². The Morgan fingerprint density at radius 3 is 1.56 bits per heavy atom. The van der Waals surface area contributed by atoms with Crippen LogP contribution in [0, 0.1) is 5.82 Å². The molecule has 0 saturated carbocycles. The van der Waals surface area contributed by atoms with E-state index in [-0.39, 0.29) is 5.82 Å². The zero-order valence-electron chi connectivity index (χ0n) is 28.1. The molecule has 11 rings (SSSR count). The molecule has 2 aliphatic rings. The number of hydrogen-bond acceptors (Lipinski definition) is 2. The molecule has 1 aromatic heterocycles. The Morgan fingerprint density at radius 1 is 0.404 bits per heavy atom. The molecule has 0 radical (unpaired) electrons. The second kappa shape index (κ2) is 10.9. The molecule has 9 aromatic rings. The molecule has 0 aliphatic heterocycles. The molecule has 1 heterocycles. The maximum atomic E-state index is 14.4. The zero-order valence-corrected chi connectivity index (χ0v) is 28.1. The van der Waals surface area contributed by atoms with Gasteiger partial charge in [-0.3, -0.25) is 0 Å². The van der Waals surface area contributed by atoms with Crippen molar-refractivity contribution in [2.24, 2.45) is 0 Å². The number of halogens is 1. The summed E-state index contributed by atoms with van der Waals surface area (Å²) in [6, 6.07) is 63.3. The lowest BCUT2D eigenvalue weighted by Crippen LogP contribution is -2.26. The maximum absolute atomic E-state index is 14.4. The van der Waals surface area contributed by atoms with E-state index in [2.05, 4.69) is 144 Å². The van der Waals surface area contributed by atoms with Gasteiger partial charge < -0.3 is 9.32 Å². The molecule has 2 nitrogen and oxygen atoms in total. The molecule has 8 aromatic carbocycles. The van der Waals surface area contributed by atoms with Gasteiger partial charge in [-0.05, 0) is 105 Å². The lowest BCUT2D eigenvalue weighted by atomic mass is 9.70. The Morgan fingerprint density at radius 2 is 0.904 bits per heavy atom. The summed E-state index contributed by atoms with van der Waals surface area (Å²) in [5, 5.41) is 2.22. The summed E-state index contributed by atoms with van der Waals surface area (Å²) in [6.45, 7) is 0. The highest BCUT2D eigenvalue weighted by molar-refractivity contribution is 6.09. The number of nitrogens with zero attached hydrogens (tertiary/aromatic N) is 1. The minimum atomic E-state index is -0.460. The highest BCUT2D eigenvalue weighted by atomic mass is 19.1. The van der Waals surface area contributed by atoms with Crippen LogP contribution in [0.1, 0.15) is 22.3 Å². The molecule has 0 N–H and O–H groups in total. The minimum Gasteiger partial charge on any atom is -0.455 e. The van der Waals surface area contributed by atoms with E-state index in [0.717, 1.165) is 50.1 Å². The largest absolute Gasteiger partial charge is 0.455 e. The molecule has 0 saturated heterocycles. The first-order valence-electron chi connectivity index (χ1n) is 17.7. The van der Waals surface area contributed by atoms with Crippen LogP contribution in [0.3, 0.4) is 0 Å². The Bertz CT molecular complexity index is 2800. The molecule has 0 fully saturated rings. The Labute approximate surface area is 300 Å². The van der Waals surface area contributed by atoms with Crippen LogP contribution >= 0.6 is 0 Å². The van der Waals surface area contributed by atoms with Gasteiger partial charge in [0.25, 0.3) is 0 Å². The normalized spacial score (nSPS) is 13.2. The first-order valence-corrected chi connectivity index (χ1v) is 17.7. The van der Waals surface area contributed by atoms with Crippen LogP contribution in [-0.4, -0.2) is 0 Å². The van der Waals surface area contributed by atoms with Crippen molar-refractivity contribution in [3.8, 4) is 33.4 Å². The molecule has 1 spiro atoms. The van der Waals surface area contributed by atoms with Gasteiger partial charge in [-0.2, -0.15) is 0 Å². The van der Waals surface area contributed by atoms with Crippen LogP contribution in [0.5, 0.6) is 0 Å². The van der Waals surface area contributed by atoms with E-state index >= 15 is 0 Å². The molecule has 0 atom stereocenters. The summed E-state index contributed by atoms with van der Waals surface area (Å²) < 4.78 is 20.8. The van der Waals surface area contributed by atoms with E-state index in [1.807, 2.05) is 30.3 Å². The smallest absolute Gasteiger partial charge is 0.143 e. The van der Waals surface area contributed by atoms with E-state index < -0.39 is 5.41 Å². The van der Waals surface area contributed by atoms with Gasteiger partial charge in [0.15, 0.2) is 0 Å². The van der Waals surface area contributed by atoms with Gasteiger partial charge in [0.05, 0.1) is 5.41 Å². The van der Waals surface area contributed by atoms with Crippen molar-refractivity contribution < 1.29 is 8.81 Å². The first-order chi connectivity index (χ1) is 25.7. The van der Waals surface area contributed by atoms with E-state index in [9.17, 15) is 4.39 Å². The van der Waals surface area contributed by atoms with Crippen LogP contribution in [0.4, 0.5) is 21.5 Å². The third kappa shape index (κ3) is 3.93. The summed E-state index contributed by atoms with van der Waals surface area (Å²) >= 11 is 0. The Balaban J connectivity index is 1.10. The van der Waals surface area contributed by atoms with Crippen molar-refractivity contribution in [2.75, 3.05) is 4.90 Å². The monoisotopic (exact) mass is 667 g/mol. The van der Waals surface area contributed by atoms with E-state index in [4.69, 9.17) is 4.42 Å². The van der Waals surface area contributed by atoms with Gasteiger partial charge in [0.1, 0.15) is 17.0 Å². The second-order valence-electron chi connectivity index (χ2n) is 13.8. The standard InChI is InChI=1S/C49H30FNO/c50-32-22-26-34(27-23-32)51(33-24-20-31(21-25-33)36-14-9-15-42-41-13-4-8-19-47(41)52-48(36)42)35-28-29-40-39-12-3-7-18-45(39)49(46(40)30-35)43-16-5-1-10-37(43)38-11-2-6-17-44(38)49/h1-30H. The summed E-state index contributed by atoms with van der Waals surface area (Å²) in [5.74, 6) is -0.263. The SMILES string of the molecule is Fc1ccc(N(c2ccc(-c3cccc4c3oc3ccccc34)cc2)c2ccc3c(c2)C2(c4ccccc4-c4ccccc42)c2ccccc2-3)cc1. The molecule has 2 aliphatic carbocycles. The predicted molar refractivity (Wildman–Crippen MR) is 210 cm³/mol. The molecule has 3 heteroatoms. The number of para-hydroxylation sites is 2. The Hall–Kier alpha value is -6.71. The lowest BCUT2D eigenvalue weighted by molar-refractivity contribution is 0.628. The molecule has 52 heavy (non-hydrogen) atoms. The van der Waals surface area contributed by atoms with Crippen molar-refractivity contribution in [1.82, 2.24) is 0 Å². The zero-order chi connectivity index (χ0) is 34.4. The molecule has 0 unspecified atom stereocenters. The van der Waals surface area contributed by atoms with Gasteiger partial charge in [-0.15, -0.1) is 0 Å². The van der Waals surface area contributed by atoms with E-state index in [1.165, 1.54) is 56.6 Å². The van der Waals surface area contributed by atoms with Gasteiger partial charge in [0, 0.05) is 33.4 Å². The van der Waals surface area contributed by atoms with Crippen LogP contribution < -0.4 is 4.90 Å². The first kappa shape index (κ1) is 29.1. The van der Waals surface area contributed by atoms with Crippen LogP contribution in [-0.2, 0) is 5.41 Å². The summed E-state index contributed by atoms with van der Waals surface area (Å²) in [5.41, 5.74) is 16.5. The molecular formula is C49H30FNO. The molecule has 0 amide bonds. The average molecular weight is 668 g/mol.